The Morgan fingerprint density at radius 2 is 1.75 bits per heavy atom. The van der Waals surface area contributed by atoms with Crippen molar-refractivity contribution in [2.75, 3.05) is 12.5 Å². The summed E-state index contributed by atoms with van der Waals surface area (Å²) >= 11 is 0. The molecule has 0 aliphatic heterocycles. The van der Waals surface area contributed by atoms with Gasteiger partial charge in [0.15, 0.2) is 5.69 Å². The Kier molecular flexibility index (Phi) is 4.29. The average Bonchev–Trinajstić information content (AvgIpc) is 2.91. The number of nitrogens with one attached hydrogen (secondary N) is 1. The Labute approximate surface area is 140 Å². The topological polar surface area (TPSA) is 60.0 Å². The molecule has 6 nitrogen and oxygen atoms in total. The van der Waals surface area contributed by atoms with Gasteiger partial charge >= 0.3 is 0 Å². The van der Waals surface area contributed by atoms with E-state index in [-0.39, 0.29) is 5.91 Å². The minimum atomic E-state index is -0.196. The normalized spacial score (nSPS) is 10.5. The fourth-order valence-electron chi connectivity index (χ4n) is 2.32. The van der Waals surface area contributed by atoms with Crippen molar-refractivity contribution in [1.82, 2.24) is 9.90 Å². The molecule has 0 unspecified atom stereocenters. The van der Waals surface area contributed by atoms with Crippen LogP contribution in [-0.2, 0) is 0 Å². The third kappa shape index (κ3) is 2.99. The Hall–Kier alpha value is -3.15. The van der Waals surface area contributed by atoms with Gasteiger partial charge in [-0.3, -0.25) is 4.79 Å². The number of aromatic nitrogens is 3. The van der Waals surface area contributed by atoms with Crippen molar-refractivity contribution in [2.24, 2.45) is 0 Å². The van der Waals surface area contributed by atoms with Crippen LogP contribution in [0.3, 0.4) is 0 Å². The Morgan fingerprint density at radius 1 is 1.08 bits per heavy atom. The zero-order valence-electron chi connectivity index (χ0n) is 13.9. The summed E-state index contributed by atoms with van der Waals surface area (Å²) in [6, 6.07) is 16.6. The van der Waals surface area contributed by atoms with E-state index >= 15 is 0 Å². The zero-order chi connectivity index (χ0) is 17.1. The van der Waals surface area contributed by atoms with Crippen molar-refractivity contribution >= 4 is 5.91 Å². The lowest BCUT2D eigenvalue weighted by molar-refractivity contribution is -0.726. The molecule has 1 heterocycles. The molecule has 1 N–H and O–H groups in total. The van der Waals surface area contributed by atoms with E-state index in [1.165, 1.54) is 0 Å². The number of carbonyl (C=O) groups excluding carboxylic acids is 1. The van der Waals surface area contributed by atoms with Crippen LogP contribution in [0.25, 0.3) is 5.69 Å². The van der Waals surface area contributed by atoms with Crippen molar-refractivity contribution in [3.05, 3.63) is 71.5 Å². The van der Waals surface area contributed by atoms with Gasteiger partial charge in [-0.2, -0.15) is 5.43 Å². The van der Waals surface area contributed by atoms with Crippen molar-refractivity contribution < 1.29 is 14.3 Å². The average molecular weight is 323 g/mol. The van der Waals surface area contributed by atoms with E-state index in [9.17, 15) is 4.79 Å². The predicted molar refractivity (Wildman–Crippen MR) is 89.9 cm³/mol. The lowest BCUT2D eigenvalue weighted by Gasteiger charge is -2.06. The second-order valence-corrected chi connectivity index (χ2v) is 5.38. The van der Waals surface area contributed by atoms with Gasteiger partial charge in [-0.05, 0) is 41.2 Å². The summed E-state index contributed by atoms with van der Waals surface area (Å²) in [5, 5.41) is 4.51. The fourth-order valence-corrected chi connectivity index (χ4v) is 2.32. The van der Waals surface area contributed by atoms with E-state index in [1.54, 1.807) is 28.8 Å². The highest BCUT2D eigenvalue weighted by atomic mass is 16.5. The van der Waals surface area contributed by atoms with Crippen LogP contribution in [-0.4, -0.2) is 22.9 Å². The molecule has 1 amide bonds. The van der Waals surface area contributed by atoms with Crippen molar-refractivity contribution in [2.45, 2.75) is 13.8 Å². The first-order chi connectivity index (χ1) is 11.6. The van der Waals surface area contributed by atoms with Crippen LogP contribution in [0.5, 0.6) is 5.75 Å². The second kappa shape index (κ2) is 6.54. The molecule has 1 aromatic heterocycles. The van der Waals surface area contributed by atoms with Gasteiger partial charge < -0.3 is 4.74 Å². The highest BCUT2D eigenvalue weighted by Gasteiger charge is 2.23. The molecule has 0 radical (unpaired) electrons. The summed E-state index contributed by atoms with van der Waals surface area (Å²) in [6.07, 6.45) is 0. The van der Waals surface area contributed by atoms with Crippen LogP contribution < -0.4 is 15.0 Å². The summed E-state index contributed by atoms with van der Waals surface area (Å²) in [6.45, 7) is 3.81. The highest BCUT2D eigenvalue weighted by Crippen LogP contribution is 2.13. The first-order valence-electron chi connectivity index (χ1n) is 7.59. The summed E-state index contributed by atoms with van der Waals surface area (Å²) in [5.41, 5.74) is 5.99. The summed E-state index contributed by atoms with van der Waals surface area (Å²) in [7, 11) is 1.62. The van der Waals surface area contributed by atoms with Gasteiger partial charge in [-0.25, -0.2) is 0 Å². The summed E-state index contributed by atoms with van der Waals surface area (Å²) in [5.74, 6) is 0.567. The Bertz CT molecular complexity index is 855. The number of nitrogens with zero attached hydrogens (tertiary/aromatic N) is 3. The molecule has 0 saturated carbocycles. The van der Waals surface area contributed by atoms with Gasteiger partial charge in [0, 0.05) is 24.2 Å². The minimum Gasteiger partial charge on any atom is -0.497 e. The fraction of sp³-hybridized carbons (Fsp3) is 0.167. The molecule has 0 aliphatic rings. The molecule has 0 spiro atoms. The van der Waals surface area contributed by atoms with E-state index in [1.807, 2.05) is 56.3 Å². The summed E-state index contributed by atoms with van der Waals surface area (Å²) in [4.78, 5) is 15.8. The van der Waals surface area contributed by atoms with Crippen LogP contribution in [0.1, 0.15) is 21.7 Å². The lowest BCUT2D eigenvalue weighted by Crippen LogP contribution is -2.56. The predicted octanol–water partition coefficient (Wildman–Crippen LogP) is 2.17. The first kappa shape index (κ1) is 15.7. The molecule has 0 aliphatic carbocycles. The molecular weight excluding hydrogens is 304 g/mol. The summed E-state index contributed by atoms with van der Waals surface area (Å²) < 4.78 is 5.18. The molecule has 0 bridgehead atoms. The van der Waals surface area contributed by atoms with E-state index < -0.39 is 0 Å². The largest absolute Gasteiger partial charge is 0.497 e. The number of amides is 1. The maximum atomic E-state index is 12.5. The number of hydrogen-bond donors (Lipinski definition) is 1. The maximum Gasteiger partial charge on any atom is 0.288 e. The van der Waals surface area contributed by atoms with Gasteiger partial charge in [0.1, 0.15) is 11.4 Å². The molecular formula is C18H19N4O2+. The number of methoxy groups -OCH3 is 1. The standard InChI is InChI=1S/C18H18N4O2/c1-13-14(2)21(20-18(23)15-7-5-4-6-8-15)22(19-13)16-9-11-17(24-3)12-10-16/h4-12H,1-3H3/p+1. The maximum absolute atomic E-state index is 12.5. The molecule has 2 aromatic carbocycles. The van der Waals surface area contributed by atoms with Crippen LogP contribution in [0.2, 0.25) is 0 Å². The first-order valence-corrected chi connectivity index (χ1v) is 7.59. The van der Waals surface area contributed by atoms with E-state index in [4.69, 9.17) is 4.74 Å². The van der Waals surface area contributed by atoms with Crippen LogP contribution in [0.15, 0.2) is 54.6 Å². The molecule has 0 atom stereocenters. The highest BCUT2D eigenvalue weighted by molar-refractivity contribution is 5.98. The molecule has 122 valence electrons. The van der Waals surface area contributed by atoms with Gasteiger partial charge in [-0.15, -0.1) is 0 Å². The Balaban J connectivity index is 1.97. The van der Waals surface area contributed by atoms with Crippen molar-refractivity contribution in [3.8, 4) is 11.4 Å². The number of rotatable bonds is 4. The van der Waals surface area contributed by atoms with Crippen LogP contribution >= 0.6 is 0 Å². The van der Waals surface area contributed by atoms with Gasteiger partial charge in [0.05, 0.1) is 12.2 Å². The van der Waals surface area contributed by atoms with E-state index in [0.29, 0.717) is 5.56 Å². The van der Waals surface area contributed by atoms with E-state index in [0.717, 1.165) is 22.8 Å². The number of carbonyl (C=O) groups is 1. The van der Waals surface area contributed by atoms with Crippen molar-refractivity contribution in [3.63, 3.8) is 0 Å². The molecule has 0 fully saturated rings. The van der Waals surface area contributed by atoms with Crippen molar-refractivity contribution in [1.29, 1.82) is 0 Å². The van der Waals surface area contributed by atoms with E-state index in [2.05, 4.69) is 10.5 Å². The quantitative estimate of drug-likeness (QED) is 0.749. The third-order valence-electron chi connectivity index (χ3n) is 3.82. The number of benzene rings is 2. The molecule has 0 saturated heterocycles. The minimum absolute atomic E-state index is 0.196. The monoisotopic (exact) mass is 323 g/mol. The van der Waals surface area contributed by atoms with Gasteiger partial charge in [-0.1, -0.05) is 18.2 Å². The number of ether oxygens (including phenoxy) is 1. The second-order valence-electron chi connectivity index (χ2n) is 5.38. The smallest absolute Gasteiger partial charge is 0.288 e. The van der Waals surface area contributed by atoms with Gasteiger partial charge in [0.25, 0.3) is 5.91 Å². The molecule has 3 aromatic rings. The number of aryl methyl sites for hydroxylation is 1. The SMILES string of the molecule is COc1ccc(-n2nc(C)c(C)[n+]2NC(=O)c2ccccc2)cc1. The number of hydrogen-bond acceptors (Lipinski definition) is 3. The third-order valence-corrected chi connectivity index (χ3v) is 3.82. The van der Waals surface area contributed by atoms with Gasteiger partial charge in [0.2, 0.25) is 5.69 Å². The van der Waals surface area contributed by atoms with Crippen LogP contribution in [0.4, 0.5) is 0 Å². The Morgan fingerprint density at radius 3 is 2.38 bits per heavy atom. The molecule has 6 heteroatoms. The lowest BCUT2D eigenvalue weighted by atomic mass is 10.2. The molecule has 3 rings (SSSR count). The van der Waals surface area contributed by atoms with Crippen LogP contribution in [0, 0.1) is 13.8 Å². The molecule has 24 heavy (non-hydrogen) atoms. The zero-order valence-corrected chi connectivity index (χ0v) is 13.9.